The van der Waals surface area contributed by atoms with E-state index < -0.39 is 5.82 Å². The van der Waals surface area contributed by atoms with E-state index in [-0.39, 0.29) is 12.6 Å². The first-order valence-corrected chi connectivity index (χ1v) is 9.95. The number of anilines is 1. The second kappa shape index (κ2) is 7.40. The van der Waals surface area contributed by atoms with E-state index in [1.165, 1.54) is 6.07 Å². The van der Waals surface area contributed by atoms with Crippen LogP contribution < -0.4 is 9.64 Å². The lowest BCUT2D eigenvalue weighted by atomic mass is 10.0. The summed E-state index contributed by atoms with van der Waals surface area (Å²) in [6.45, 7) is 1.91. The molecule has 0 unspecified atom stereocenters. The topological polar surface area (TPSA) is 47.4 Å². The van der Waals surface area contributed by atoms with Crippen LogP contribution in [0.15, 0.2) is 72.9 Å². The van der Waals surface area contributed by atoms with Gasteiger partial charge in [0.05, 0.1) is 24.7 Å². The molecular weight excluding hydrogens is 393 g/mol. The van der Waals surface area contributed by atoms with E-state index in [0.717, 1.165) is 34.1 Å². The standard InChI is InChI=1S/C25H20FN3O2/c1-16-19(7-5-8-21(16)26)25(30)29-15-28-23(20-6-3-4-9-22(20)29)14-27-24(28)17-10-12-18(31-2)13-11-17/h3-14H,15H2,1-2H3. The van der Waals surface area contributed by atoms with Crippen LogP contribution in [-0.4, -0.2) is 22.6 Å². The molecule has 0 saturated heterocycles. The van der Waals surface area contributed by atoms with Gasteiger partial charge < -0.3 is 9.30 Å². The number of methoxy groups -OCH3 is 1. The summed E-state index contributed by atoms with van der Waals surface area (Å²) in [4.78, 5) is 19.8. The van der Waals surface area contributed by atoms with Crippen LogP contribution in [0.1, 0.15) is 15.9 Å². The Bertz CT molecular complexity index is 1290. The zero-order valence-corrected chi connectivity index (χ0v) is 17.2. The second-order valence-electron chi connectivity index (χ2n) is 7.43. The molecule has 1 aliphatic heterocycles. The molecule has 154 valence electrons. The molecule has 0 radical (unpaired) electrons. The first-order chi connectivity index (χ1) is 15.1. The van der Waals surface area contributed by atoms with Gasteiger partial charge in [0.1, 0.15) is 24.1 Å². The van der Waals surface area contributed by atoms with E-state index in [9.17, 15) is 9.18 Å². The smallest absolute Gasteiger partial charge is 0.260 e. The van der Waals surface area contributed by atoms with Crippen molar-refractivity contribution in [3.63, 3.8) is 0 Å². The molecule has 6 heteroatoms. The molecule has 4 aromatic rings. The van der Waals surface area contributed by atoms with Gasteiger partial charge in [-0.05, 0) is 55.0 Å². The summed E-state index contributed by atoms with van der Waals surface area (Å²) in [7, 11) is 1.63. The van der Waals surface area contributed by atoms with Crippen molar-refractivity contribution in [1.29, 1.82) is 0 Å². The van der Waals surface area contributed by atoms with Gasteiger partial charge in [0.2, 0.25) is 0 Å². The average molecular weight is 413 g/mol. The summed E-state index contributed by atoms with van der Waals surface area (Å²) in [5.74, 6) is 0.877. The minimum Gasteiger partial charge on any atom is -0.497 e. The number of ether oxygens (including phenoxy) is 1. The number of carbonyl (C=O) groups excluding carboxylic acids is 1. The van der Waals surface area contributed by atoms with Crippen molar-refractivity contribution in [2.75, 3.05) is 12.0 Å². The number of aromatic nitrogens is 2. The third-order valence-electron chi connectivity index (χ3n) is 5.70. The first-order valence-electron chi connectivity index (χ1n) is 9.95. The van der Waals surface area contributed by atoms with Crippen LogP contribution in [0.5, 0.6) is 5.75 Å². The maximum Gasteiger partial charge on any atom is 0.260 e. The highest BCUT2D eigenvalue weighted by molar-refractivity contribution is 6.09. The van der Waals surface area contributed by atoms with E-state index in [4.69, 9.17) is 4.74 Å². The van der Waals surface area contributed by atoms with Gasteiger partial charge in [-0.1, -0.05) is 24.3 Å². The first kappa shape index (κ1) is 19.1. The van der Waals surface area contributed by atoms with Crippen LogP contribution in [-0.2, 0) is 6.67 Å². The lowest BCUT2D eigenvalue weighted by molar-refractivity contribution is 0.0978. The van der Waals surface area contributed by atoms with E-state index >= 15 is 0 Å². The van der Waals surface area contributed by atoms with Crippen LogP contribution in [0.4, 0.5) is 10.1 Å². The summed E-state index contributed by atoms with van der Waals surface area (Å²) < 4.78 is 21.4. The van der Waals surface area contributed by atoms with Crippen molar-refractivity contribution in [2.24, 2.45) is 0 Å². The van der Waals surface area contributed by atoms with Gasteiger partial charge in [0.25, 0.3) is 5.91 Å². The number of fused-ring (bicyclic) bond motifs is 3. The molecule has 1 aromatic heterocycles. The number of amides is 1. The third-order valence-corrected chi connectivity index (χ3v) is 5.70. The van der Waals surface area contributed by atoms with Crippen LogP contribution in [0.2, 0.25) is 0 Å². The van der Waals surface area contributed by atoms with E-state index in [0.29, 0.717) is 11.1 Å². The number of hydrogen-bond donors (Lipinski definition) is 0. The number of benzene rings is 3. The lowest BCUT2D eigenvalue weighted by Gasteiger charge is -2.32. The number of carbonyl (C=O) groups is 1. The van der Waals surface area contributed by atoms with Gasteiger partial charge in [-0.2, -0.15) is 0 Å². The number of halogens is 1. The molecule has 0 spiro atoms. The quantitative estimate of drug-likeness (QED) is 0.458. The number of rotatable bonds is 3. The van der Waals surface area contributed by atoms with E-state index in [1.54, 1.807) is 31.1 Å². The molecule has 0 N–H and O–H groups in total. The van der Waals surface area contributed by atoms with Gasteiger partial charge in [-0.3, -0.25) is 9.69 Å². The Balaban J connectivity index is 1.63. The SMILES string of the molecule is COc1ccc(-c2ncc3n2CN(C(=O)c2cccc(F)c2C)c2ccccc2-3)cc1. The van der Waals surface area contributed by atoms with Gasteiger partial charge in [0, 0.05) is 16.7 Å². The molecule has 2 heterocycles. The lowest BCUT2D eigenvalue weighted by Crippen LogP contribution is -2.36. The summed E-state index contributed by atoms with van der Waals surface area (Å²) in [6.07, 6.45) is 1.83. The van der Waals surface area contributed by atoms with E-state index in [2.05, 4.69) is 4.98 Å². The van der Waals surface area contributed by atoms with Crippen molar-refractivity contribution in [3.05, 3.63) is 89.9 Å². The molecule has 0 bridgehead atoms. The zero-order chi connectivity index (χ0) is 21.5. The fourth-order valence-corrected chi connectivity index (χ4v) is 4.01. The Morgan fingerprint density at radius 2 is 1.81 bits per heavy atom. The fraction of sp³-hybridized carbons (Fsp3) is 0.120. The predicted molar refractivity (Wildman–Crippen MR) is 118 cm³/mol. The van der Waals surface area contributed by atoms with E-state index in [1.807, 2.05) is 59.3 Å². The largest absolute Gasteiger partial charge is 0.497 e. The van der Waals surface area contributed by atoms with Crippen LogP contribution in [0.3, 0.4) is 0 Å². The molecular formula is C25H20FN3O2. The molecule has 0 fully saturated rings. The maximum absolute atomic E-state index is 14.1. The number of hydrogen-bond acceptors (Lipinski definition) is 3. The van der Waals surface area contributed by atoms with Gasteiger partial charge in [-0.15, -0.1) is 0 Å². The zero-order valence-electron chi connectivity index (χ0n) is 17.2. The summed E-state index contributed by atoms with van der Waals surface area (Å²) in [5.41, 5.74) is 4.23. The normalized spacial score (nSPS) is 12.3. The second-order valence-corrected chi connectivity index (χ2v) is 7.43. The maximum atomic E-state index is 14.1. The molecule has 5 rings (SSSR count). The molecule has 1 aliphatic rings. The predicted octanol–water partition coefficient (Wildman–Crippen LogP) is 5.29. The van der Waals surface area contributed by atoms with Gasteiger partial charge in [-0.25, -0.2) is 9.37 Å². The molecule has 31 heavy (non-hydrogen) atoms. The Labute approximate surface area is 179 Å². The fourth-order valence-electron chi connectivity index (χ4n) is 4.01. The Hall–Kier alpha value is -3.93. The van der Waals surface area contributed by atoms with Crippen LogP contribution in [0.25, 0.3) is 22.6 Å². The van der Waals surface area contributed by atoms with Crippen LogP contribution >= 0.6 is 0 Å². The molecule has 1 amide bonds. The number of nitrogens with zero attached hydrogens (tertiary/aromatic N) is 3. The highest BCUT2D eigenvalue weighted by Gasteiger charge is 2.30. The van der Waals surface area contributed by atoms with Crippen molar-refractivity contribution in [3.8, 4) is 28.4 Å². The van der Waals surface area contributed by atoms with Gasteiger partial charge >= 0.3 is 0 Å². The molecule has 3 aromatic carbocycles. The Morgan fingerprint density at radius 1 is 1.03 bits per heavy atom. The molecule has 0 atom stereocenters. The summed E-state index contributed by atoms with van der Waals surface area (Å²) in [5, 5.41) is 0. The Kier molecular flexibility index (Phi) is 4.55. The van der Waals surface area contributed by atoms with Crippen molar-refractivity contribution in [1.82, 2.24) is 9.55 Å². The number of para-hydroxylation sites is 1. The Morgan fingerprint density at radius 3 is 2.58 bits per heavy atom. The highest BCUT2D eigenvalue weighted by atomic mass is 19.1. The number of imidazole rings is 1. The van der Waals surface area contributed by atoms with Crippen LogP contribution in [0, 0.1) is 12.7 Å². The summed E-state index contributed by atoms with van der Waals surface area (Å²) in [6, 6.07) is 20.0. The highest BCUT2D eigenvalue weighted by Crippen LogP contribution is 2.39. The molecule has 0 saturated carbocycles. The minimum absolute atomic E-state index is 0.246. The molecule has 0 aliphatic carbocycles. The van der Waals surface area contributed by atoms with Crippen molar-refractivity contribution >= 4 is 11.6 Å². The molecule has 5 nitrogen and oxygen atoms in total. The van der Waals surface area contributed by atoms with Crippen molar-refractivity contribution in [2.45, 2.75) is 13.6 Å². The average Bonchev–Trinajstić information content (AvgIpc) is 3.24. The minimum atomic E-state index is -0.390. The van der Waals surface area contributed by atoms with Crippen molar-refractivity contribution < 1.29 is 13.9 Å². The van der Waals surface area contributed by atoms with Gasteiger partial charge in [0.15, 0.2) is 0 Å². The summed E-state index contributed by atoms with van der Waals surface area (Å²) >= 11 is 0. The monoisotopic (exact) mass is 413 g/mol. The third kappa shape index (κ3) is 3.08.